The second-order valence-electron chi connectivity index (χ2n) is 10.9. The summed E-state index contributed by atoms with van der Waals surface area (Å²) in [6, 6.07) is 3.27. The number of primary amides is 1. The van der Waals surface area contributed by atoms with Gasteiger partial charge in [0.1, 0.15) is 23.4 Å². The van der Waals surface area contributed by atoms with Crippen molar-refractivity contribution >= 4 is 29.8 Å². The normalized spacial score (nSPS) is 13.0. The maximum absolute atomic E-state index is 14.1. The summed E-state index contributed by atoms with van der Waals surface area (Å²) in [6.45, 7) is 12.0. The van der Waals surface area contributed by atoms with Crippen LogP contribution in [0, 0.1) is 0 Å². The molecule has 1 aromatic carbocycles. The van der Waals surface area contributed by atoms with E-state index in [2.05, 4.69) is 10.6 Å². The van der Waals surface area contributed by atoms with Gasteiger partial charge in [0.05, 0.1) is 13.0 Å². The number of amides is 4. The van der Waals surface area contributed by atoms with Crippen LogP contribution in [0.25, 0.3) is 0 Å². The fraction of sp³-hybridized carbons (Fsp3) is 0.593. The lowest BCUT2D eigenvalue weighted by molar-refractivity contribution is -0.149. The minimum atomic E-state index is -1.25. The van der Waals surface area contributed by atoms with E-state index in [1.165, 1.54) is 29.2 Å². The molecule has 218 valence electrons. The molecular weight excluding hydrogens is 508 g/mol. The Labute approximate surface area is 229 Å². The Morgan fingerprint density at radius 3 is 2.08 bits per heavy atom. The minimum Gasteiger partial charge on any atom is -0.508 e. The molecule has 0 saturated carbocycles. The zero-order chi connectivity index (χ0) is 30.0. The lowest BCUT2D eigenvalue weighted by atomic mass is 9.94. The number of carbonyl (C=O) groups is 5. The highest BCUT2D eigenvalue weighted by Gasteiger charge is 2.42. The van der Waals surface area contributed by atoms with Crippen molar-refractivity contribution in [1.82, 2.24) is 15.5 Å². The molecule has 4 amide bonds. The second kappa shape index (κ2) is 14.4. The van der Waals surface area contributed by atoms with Crippen LogP contribution < -0.4 is 16.4 Å². The summed E-state index contributed by atoms with van der Waals surface area (Å²) < 4.78 is 10.2. The maximum atomic E-state index is 14.1. The molecule has 0 aliphatic carbocycles. The number of rotatable bonds is 12. The largest absolute Gasteiger partial charge is 0.508 e. The second-order valence-corrected chi connectivity index (χ2v) is 10.9. The Bertz CT molecular complexity index is 1010. The van der Waals surface area contributed by atoms with Crippen LogP contribution in [0.2, 0.25) is 0 Å². The fourth-order valence-corrected chi connectivity index (χ4v) is 3.70. The molecule has 12 heteroatoms. The van der Waals surface area contributed by atoms with Crippen LogP contribution in [-0.2, 0) is 28.7 Å². The molecule has 0 saturated heterocycles. The van der Waals surface area contributed by atoms with Gasteiger partial charge in [-0.15, -0.1) is 0 Å². The van der Waals surface area contributed by atoms with Crippen molar-refractivity contribution in [2.24, 2.45) is 5.73 Å². The first kappa shape index (κ1) is 33.2. The van der Waals surface area contributed by atoms with Crippen molar-refractivity contribution in [3.63, 3.8) is 0 Å². The summed E-state index contributed by atoms with van der Waals surface area (Å²) >= 11 is 0. The van der Waals surface area contributed by atoms with Crippen LogP contribution in [0.3, 0.4) is 0 Å². The number of alkyl carbamates (subject to hydrolysis) is 1. The lowest BCUT2D eigenvalue weighted by Crippen LogP contribution is -2.58. The number of aromatic hydroxyl groups is 1. The van der Waals surface area contributed by atoms with Gasteiger partial charge in [-0.2, -0.15) is 0 Å². The van der Waals surface area contributed by atoms with Crippen molar-refractivity contribution < 1.29 is 38.6 Å². The summed E-state index contributed by atoms with van der Waals surface area (Å²) in [6.07, 6.45) is -1.29. The van der Waals surface area contributed by atoms with E-state index in [1.54, 1.807) is 48.5 Å². The average molecular weight is 551 g/mol. The number of ether oxygens (including phenoxy) is 2. The van der Waals surface area contributed by atoms with Crippen molar-refractivity contribution in [3.8, 4) is 5.75 Å². The lowest BCUT2D eigenvalue weighted by Gasteiger charge is -2.43. The van der Waals surface area contributed by atoms with E-state index in [4.69, 9.17) is 15.2 Å². The number of nitrogens with one attached hydrogen (secondary N) is 2. The van der Waals surface area contributed by atoms with Gasteiger partial charge in [0.25, 0.3) is 0 Å². The molecular formula is C27H42N4O8. The van der Waals surface area contributed by atoms with Gasteiger partial charge in [0.15, 0.2) is 0 Å². The average Bonchev–Trinajstić information content (AvgIpc) is 2.78. The summed E-state index contributed by atoms with van der Waals surface area (Å²) in [7, 11) is 0. The molecule has 1 aromatic rings. The molecule has 0 aliphatic rings. The predicted octanol–water partition coefficient (Wildman–Crippen LogP) is 2.29. The predicted molar refractivity (Wildman–Crippen MR) is 143 cm³/mol. The summed E-state index contributed by atoms with van der Waals surface area (Å²) in [4.78, 5) is 64.8. The molecule has 0 aromatic heterocycles. The highest BCUT2D eigenvalue weighted by molar-refractivity contribution is 5.93. The topological polar surface area (TPSA) is 177 Å². The fourth-order valence-electron chi connectivity index (χ4n) is 3.70. The first-order chi connectivity index (χ1) is 18.0. The van der Waals surface area contributed by atoms with Gasteiger partial charge in [-0.05, 0) is 72.6 Å². The zero-order valence-electron chi connectivity index (χ0n) is 23.8. The molecule has 0 aliphatic heterocycles. The molecule has 12 nitrogen and oxygen atoms in total. The monoisotopic (exact) mass is 550 g/mol. The van der Waals surface area contributed by atoms with E-state index in [1.807, 2.05) is 0 Å². The minimum absolute atomic E-state index is 0.0419. The van der Waals surface area contributed by atoms with Crippen LogP contribution >= 0.6 is 0 Å². The molecule has 39 heavy (non-hydrogen) atoms. The molecule has 2 unspecified atom stereocenters. The van der Waals surface area contributed by atoms with E-state index in [-0.39, 0.29) is 38.2 Å². The highest BCUT2D eigenvalue weighted by atomic mass is 16.6. The smallest absolute Gasteiger partial charge is 0.408 e. The number of esters is 1. The van der Waals surface area contributed by atoms with E-state index >= 15 is 0 Å². The molecule has 1 rings (SSSR count). The third-order valence-electron chi connectivity index (χ3n) is 5.28. The van der Waals surface area contributed by atoms with Gasteiger partial charge in [-0.3, -0.25) is 19.2 Å². The van der Waals surface area contributed by atoms with Crippen LogP contribution in [-0.4, -0.2) is 70.1 Å². The first-order valence-corrected chi connectivity index (χ1v) is 12.8. The van der Waals surface area contributed by atoms with E-state index in [0.29, 0.717) is 5.56 Å². The molecule has 0 spiro atoms. The van der Waals surface area contributed by atoms with Gasteiger partial charge >= 0.3 is 12.1 Å². The number of phenols is 1. The number of benzene rings is 1. The molecule has 0 fully saturated rings. The van der Waals surface area contributed by atoms with Crippen LogP contribution in [0.1, 0.15) is 79.3 Å². The standard InChI is InChI=1S/C27H42N4O8/c1-8-38-21(34)15-16-29-23(35)22(17-9-11-18(32)12-10-17)31(26(2,3)4)24(36)19(13-14-20(28)33)30-25(37)39-27(5,6)7/h9-12,19,22,32H,8,13-16H2,1-7H3,(H2,28,33)(H,29,35)(H,30,37). The third-order valence-corrected chi connectivity index (χ3v) is 5.28. The van der Waals surface area contributed by atoms with Gasteiger partial charge in [0, 0.05) is 18.5 Å². The Hall–Kier alpha value is -3.83. The molecule has 5 N–H and O–H groups in total. The third kappa shape index (κ3) is 11.6. The van der Waals surface area contributed by atoms with Crippen LogP contribution in [0.15, 0.2) is 24.3 Å². The SMILES string of the molecule is CCOC(=O)CCNC(=O)C(c1ccc(O)cc1)N(C(=O)C(CCC(N)=O)NC(=O)OC(C)(C)C)C(C)(C)C. The summed E-state index contributed by atoms with van der Waals surface area (Å²) in [5.74, 6) is -2.46. The Morgan fingerprint density at radius 1 is 1.00 bits per heavy atom. The van der Waals surface area contributed by atoms with E-state index < -0.39 is 53.0 Å². The zero-order valence-corrected chi connectivity index (χ0v) is 23.8. The number of carbonyl (C=O) groups excluding carboxylic acids is 5. The van der Waals surface area contributed by atoms with Gasteiger partial charge in [-0.1, -0.05) is 12.1 Å². The summed E-state index contributed by atoms with van der Waals surface area (Å²) in [5, 5.41) is 15.0. The number of nitrogens with two attached hydrogens (primary N) is 1. The van der Waals surface area contributed by atoms with Crippen LogP contribution in [0.5, 0.6) is 5.75 Å². The quantitative estimate of drug-likeness (QED) is 0.286. The van der Waals surface area contributed by atoms with Crippen LogP contribution in [0.4, 0.5) is 4.79 Å². The molecule has 0 heterocycles. The first-order valence-electron chi connectivity index (χ1n) is 12.8. The molecule has 0 radical (unpaired) electrons. The molecule has 2 atom stereocenters. The van der Waals surface area contributed by atoms with Crippen molar-refractivity contribution in [2.75, 3.05) is 13.2 Å². The van der Waals surface area contributed by atoms with E-state index in [9.17, 15) is 29.1 Å². The number of hydrogen-bond donors (Lipinski definition) is 4. The summed E-state index contributed by atoms with van der Waals surface area (Å²) in [5.41, 5.74) is 3.86. The number of hydrogen-bond acceptors (Lipinski definition) is 8. The van der Waals surface area contributed by atoms with Gasteiger partial charge < -0.3 is 35.8 Å². The van der Waals surface area contributed by atoms with Gasteiger partial charge in [0.2, 0.25) is 17.7 Å². The van der Waals surface area contributed by atoms with Crippen molar-refractivity contribution in [3.05, 3.63) is 29.8 Å². The van der Waals surface area contributed by atoms with Gasteiger partial charge in [-0.25, -0.2) is 4.79 Å². The Kier molecular flexibility index (Phi) is 12.2. The van der Waals surface area contributed by atoms with Crippen molar-refractivity contribution in [2.45, 2.75) is 91.0 Å². The number of nitrogens with zero attached hydrogens (tertiary/aromatic N) is 1. The molecule has 0 bridgehead atoms. The Morgan fingerprint density at radius 2 is 1.59 bits per heavy atom. The highest BCUT2D eigenvalue weighted by Crippen LogP contribution is 2.31. The maximum Gasteiger partial charge on any atom is 0.408 e. The van der Waals surface area contributed by atoms with Crippen molar-refractivity contribution in [1.29, 1.82) is 0 Å². The number of phenolic OH excluding ortho intramolecular Hbond substituents is 1. The van der Waals surface area contributed by atoms with E-state index in [0.717, 1.165) is 0 Å². The Balaban J connectivity index is 3.48.